The van der Waals surface area contributed by atoms with E-state index < -0.39 is 24.5 Å². The highest BCUT2D eigenvalue weighted by Gasteiger charge is 2.16. The summed E-state index contributed by atoms with van der Waals surface area (Å²) in [6.07, 6.45) is -0.0887. The van der Waals surface area contributed by atoms with Crippen molar-refractivity contribution in [2.24, 2.45) is 0 Å². The lowest BCUT2D eigenvalue weighted by molar-refractivity contribution is -0.147. The maximum atomic E-state index is 12.0. The zero-order chi connectivity index (χ0) is 20.5. The van der Waals surface area contributed by atoms with Gasteiger partial charge in [0.25, 0.3) is 5.91 Å². The van der Waals surface area contributed by atoms with Crippen molar-refractivity contribution in [3.8, 4) is 0 Å². The molecule has 0 saturated carbocycles. The van der Waals surface area contributed by atoms with E-state index in [1.807, 2.05) is 13.0 Å². The Bertz CT molecular complexity index is 873. The average molecular weight is 403 g/mol. The van der Waals surface area contributed by atoms with Crippen molar-refractivity contribution >= 4 is 40.7 Å². The molecule has 28 heavy (non-hydrogen) atoms. The molecule has 7 nitrogen and oxygen atoms in total. The highest BCUT2D eigenvalue weighted by molar-refractivity contribution is 7.14. The van der Waals surface area contributed by atoms with Gasteiger partial charge in [0, 0.05) is 11.3 Å². The molecular weight excluding hydrogens is 382 g/mol. The first kappa shape index (κ1) is 21.3. The van der Waals surface area contributed by atoms with Gasteiger partial charge in [0.1, 0.15) is 0 Å². The first-order chi connectivity index (χ1) is 13.4. The van der Waals surface area contributed by atoms with Crippen LogP contribution in [-0.4, -0.2) is 36.8 Å². The lowest BCUT2D eigenvalue weighted by atomic mass is 10.2. The summed E-state index contributed by atoms with van der Waals surface area (Å²) in [4.78, 5) is 49.3. The Morgan fingerprint density at radius 1 is 1.00 bits per heavy atom. The normalized spacial score (nSPS) is 10.2. The van der Waals surface area contributed by atoms with E-state index in [9.17, 15) is 19.2 Å². The molecule has 1 aromatic heterocycles. The van der Waals surface area contributed by atoms with Crippen LogP contribution in [0, 0.1) is 6.92 Å². The Balaban J connectivity index is 1.80. The van der Waals surface area contributed by atoms with Gasteiger partial charge in [-0.05, 0) is 38.1 Å². The average Bonchev–Trinajstić information content (AvgIpc) is 3.11. The lowest BCUT2D eigenvalue weighted by Gasteiger charge is -2.10. The van der Waals surface area contributed by atoms with Gasteiger partial charge in [-0.15, -0.1) is 11.3 Å². The van der Waals surface area contributed by atoms with E-state index in [0.29, 0.717) is 4.88 Å². The van der Waals surface area contributed by atoms with Crippen LogP contribution >= 0.6 is 11.3 Å². The minimum Gasteiger partial charge on any atom is -0.462 e. The number of hydrogen-bond acceptors (Lipinski definition) is 7. The number of ketones is 1. The Kier molecular flexibility index (Phi) is 7.88. The third-order valence-electron chi connectivity index (χ3n) is 3.63. The molecule has 8 heteroatoms. The molecule has 148 valence electrons. The molecule has 0 saturated heterocycles. The number of rotatable bonds is 9. The minimum absolute atomic E-state index is 0.0199. The van der Waals surface area contributed by atoms with Crippen molar-refractivity contribution in [2.45, 2.75) is 26.7 Å². The van der Waals surface area contributed by atoms with Gasteiger partial charge in [-0.1, -0.05) is 12.1 Å². The summed E-state index contributed by atoms with van der Waals surface area (Å²) >= 11 is 1.37. The molecule has 0 aliphatic carbocycles. The monoisotopic (exact) mass is 403 g/mol. The number of carbonyl (C=O) groups is 4. The van der Waals surface area contributed by atoms with Crippen molar-refractivity contribution < 1.29 is 28.7 Å². The van der Waals surface area contributed by atoms with E-state index in [1.165, 1.54) is 17.4 Å². The summed E-state index contributed by atoms with van der Waals surface area (Å²) < 4.78 is 9.83. The van der Waals surface area contributed by atoms with Gasteiger partial charge in [-0.2, -0.15) is 0 Å². The highest BCUT2D eigenvalue weighted by atomic mass is 32.1. The van der Waals surface area contributed by atoms with Crippen LogP contribution in [0.3, 0.4) is 0 Å². The molecule has 0 unspecified atom stereocenters. The standard InChI is InChI=1S/C20H21NO6S/c1-3-26-20(25)14-6-4-5-7-15(14)21-18(23)12-27-19(24)11-9-16(22)17-10-8-13(2)28-17/h4-8,10H,3,9,11-12H2,1-2H3,(H,21,23). The van der Waals surface area contributed by atoms with Gasteiger partial charge >= 0.3 is 11.9 Å². The van der Waals surface area contributed by atoms with Gasteiger partial charge < -0.3 is 14.8 Å². The fraction of sp³-hybridized carbons (Fsp3) is 0.300. The molecule has 1 aromatic carbocycles. The fourth-order valence-electron chi connectivity index (χ4n) is 2.31. The maximum absolute atomic E-state index is 12.0. The van der Waals surface area contributed by atoms with Gasteiger partial charge in [-0.3, -0.25) is 14.4 Å². The van der Waals surface area contributed by atoms with Crippen molar-refractivity contribution in [1.82, 2.24) is 0 Å². The molecule has 1 N–H and O–H groups in total. The first-order valence-electron chi connectivity index (χ1n) is 8.72. The molecule has 2 aromatic rings. The van der Waals surface area contributed by atoms with E-state index >= 15 is 0 Å². The highest BCUT2D eigenvalue weighted by Crippen LogP contribution is 2.18. The van der Waals surface area contributed by atoms with E-state index in [0.717, 1.165) is 4.88 Å². The Morgan fingerprint density at radius 3 is 2.43 bits per heavy atom. The number of amides is 1. The van der Waals surface area contributed by atoms with Crippen LogP contribution in [0.25, 0.3) is 0 Å². The van der Waals surface area contributed by atoms with E-state index in [1.54, 1.807) is 31.2 Å². The second-order valence-corrected chi connectivity index (χ2v) is 7.10. The third kappa shape index (κ3) is 6.31. The number of aryl methyl sites for hydroxylation is 1. The molecule has 1 amide bonds. The predicted octanol–water partition coefficient (Wildman–Crippen LogP) is 3.38. The first-order valence-corrected chi connectivity index (χ1v) is 9.53. The third-order valence-corrected chi connectivity index (χ3v) is 4.67. The van der Waals surface area contributed by atoms with E-state index in [-0.39, 0.29) is 36.5 Å². The molecule has 0 spiro atoms. The fourth-order valence-corrected chi connectivity index (χ4v) is 3.14. The smallest absolute Gasteiger partial charge is 0.340 e. The molecule has 0 aliphatic rings. The van der Waals surface area contributed by atoms with Crippen molar-refractivity contribution in [3.63, 3.8) is 0 Å². The number of Topliss-reactive ketones (excluding diaryl/α,β-unsaturated/α-hetero) is 1. The van der Waals surface area contributed by atoms with E-state index in [2.05, 4.69) is 5.32 Å². The quantitative estimate of drug-likeness (QED) is 0.509. The second kappa shape index (κ2) is 10.4. The number of esters is 2. The largest absolute Gasteiger partial charge is 0.462 e. The number of carbonyl (C=O) groups excluding carboxylic acids is 4. The number of ether oxygens (including phenoxy) is 2. The second-order valence-electron chi connectivity index (χ2n) is 5.81. The summed E-state index contributed by atoms with van der Waals surface area (Å²) in [7, 11) is 0. The molecule has 1 heterocycles. The Labute approximate surface area is 166 Å². The minimum atomic E-state index is -0.643. The molecular formula is C20H21NO6S. The summed E-state index contributed by atoms with van der Waals surface area (Å²) in [5.74, 6) is -1.93. The van der Waals surface area contributed by atoms with Gasteiger partial charge in [0.2, 0.25) is 0 Å². The van der Waals surface area contributed by atoms with Crippen LogP contribution in [0.1, 0.15) is 44.7 Å². The number of anilines is 1. The van der Waals surface area contributed by atoms with Crippen molar-refractivity contribution in [2.75, 3.05) is 18.5 Å². The molecule has 2 rings (SSSR count). The Hall–Kier alpha value is -3.00. The summed E-state index contributed by atoms with van der Waals surface area (Å²) in [5, 5.41) is 2.52. The number of hydrogen-bond donors (Lipinski definition) is 1. The number of nitrogens with one attached hydrogen (secondary N) is 1. The number of benzene rings is 1. The summed E-state index contributed by atoms with van der Waals surface area (Å²) in [6, 6.07) is 9.94. The van der Waals surface area contributed by atoms with Crippen molar-refractivity contribution in [1.29, 1.82) is 0 Å². The van der Waals surface area contributed by atoms with Gasteiger partial charge in [0.15, 0.2) is 12.4 Å². The van der Waals surface area contributed by atoms with Crippen LogP contribution in [0.4, 0.5) is 5.69 Å². The SMILES string of the molecule is CCOC(=O)c1ccccc1NC(=O)COC(=O)CCC(=O)c1ccc(C)s1. The van der Waals surface area contributed by atoms with Crippen LogP contribution in [-0.2, 0) is 19.1 Å². The maximum Gasteiger partial charge on any atom is 0.340 e. The molecule has 0 fully saturated rings. The summed E-state index contributed by atoms with van der Waals surface area (Å²) in [6.45, 7) is 3.28. The predicted molar refractivity (Wildman–Crippen MR) is 105 cm³/mol. The number of para-hydroxylation sites is 1. The van der Waals surface area contributed by atoms with Gasteiger partial charge in [0.05, 0.1) is 29.2 Å². The molecule has 0 bridgehead atoms. The lowest BCUT2D eigenvalue weighted by Crippen LogP contribution is -2.22. The van der Waals surface area contributed by atoms with Gasteiger partial charge in [-0.25, -0.2) is 4.79 Å². The summed E-state index contributed by atoms with van der Waals surface area (Å²) in [5.41, 5.74) is 0.478. The zero-order valence-electron chi connectivity index (χ0n) is 15.7. The molecule has 0 radical (unpaired) electrons. The zero-order valence-corrected chi connectivity index (χ0v) is 16.5. The van der Waals surface area contributed by atoms with E-state index in [4.69, 9.17) is 9.47 Å². The number of thiophene rings is 1. The van der Waals surface area contributed by atoms with Crippen LogP contribution in [0.15, 0.2) is 36.4 Å². The van der Waals surface area contributed by atoms with Crippen LogP contribution in [0.2, 0.25) is 0 Å². The molecule has 0 aliphatic heterocycles. The van der Waals surface area contributed by atoms with Crippen LogP contribution in [0.5, 0.6) is 0 Å². The topological polar surface area (TPSA) is 98.8 Å². The van der Waals surface area contributed by atoms with Crippen molar-refractivity contribution in [3.05, 3.63) is 51.7 Å². The Morgan fingerprint density at radius 2 is 1.75 bits per heavy atom. The van der Waals surface area contributed by atoms with Crippen LogP contribution < -0.4 is 5.32 Å². The molecule has 0 atom stereocenters.